The van der Waals surface area contributed by atoms with Gasteiger partial charge in [-0.05, 0) is 31.9 Å². The summed E-state index contributed by atoms with van der Waals surface area (Å²) < 4.78 is 14.0. The first kappa shape index (κ1) is 14.0. The maximum absolute atomic E-state index is 14.0. The molecule has 0 spiro atoms. The third-order valence-electron chi connectivity index (χ3n) is 3.81. The van der Waals surface area contributed by atoms with Gasteiger partial charge < -0.3 is 10.0 Å². The van der Waals surface area contributed by atoms with Crippen LogP contribution >= 0.6 is 0 Å². The number of rotatable bonds is 4. The average molecular weight is 265 g/mol. The van der Waals surface area contributed by atoms with E-state index < -0.39 is 11.4 Å². The maximum Gasteiger partial charge on any atom is 0.161 e. The molecule has 104 valence electrons. The number of carbonyl (C=O) groups is 1. The average Bonchev–Trinajstić information content (AvgIpc) is 2.74. The van der Waals surface area contributed by atoms with Crippen molar-refractivity contribution in [3.63, 3.8) is 0 Å². The van der Waals surface area contributed by atoms with Gasteiger partial charge in [0.2, 0.25) is 0 Å². The number of aliphatic hydroxyl groups is 1. The van der Waals surface area contributed by atoms with Crippen molar-refractivity contribution in [1.29, 1.82) is 0 Å². The number of halogens is 1. The summed E-state index contributed by atoms with van der Waals surface area (Å²) in [7, 11) is 1.72. The van der Waals surface area contributed by atoms with E-state index in [9.17, 15) is 14.3 Å². The summed E-state index contributed by atoms with van der Waals surface area (Å²) in [4.78, 5) is 13.2. The van der Waals surface area contributed by atoms with Crippen LogP contribution in [0.5, 0.6) is 0 Å². The summed E-state index contributed by atoms with van der Waals surface area (Å²) in [6.07, 6.45) is 3.48. The number of hydrogen-bond acceptors (Lipinski definition) is 3. The largest absolute Gasteiger partial charge is 0.388 e. The van der Waals surface area contributed by atoms with Crippen molar-refractivity contribution >= 4 is 11.5 Å². The molecule has 3 nitrogen and oxygen atoms in total. The van der Waals surface area contributed by atoms with Crippen LogP contribution in [0.1, 0.15) is 43.0 Å². The van der Waals surface area contributed by atoms with E-state index >= 15 is 0 Å². The zero-order valence-corrected chi connectivity index (χ0v) is 11.4. The minimum absolute atomic E-state index is 0.167. The molecule has 0 amide bonds. The van der Waals surface area contributed by atoms with Crippen molar-refractivity contribution in [3.05, 3.63) is 29.6 Å². The first-order chi connectivity index (χ1) is 8.93. The third kappa shape index (κ3) is 2.95. The number of Topliss-reactive ketones (excluding diaryl/α,β-unsaturated/α-hetero) is 1. The molecule has 2 rings (SSSR count). The molecule has 1 N–H and O–H groups in total. The van der Waals surface area contributed by atoms with E-state index in [2.05, 4.69) is 0 Å². The van der Waals surface area contributed by atoms with Crippen LogP contribution in [0.2, 0.25) is 0 Å². The van der Waals surface area contributed by atoms with E-state index in [1.807, 2.05) is 0 Å². The fraction of sp³-hybridized carbons (Fsp3) is 0.533. The Morgan fingerprint density at radius 3 is 2.63 bits per heavy atom. The van der Waals surface area contributed by atoms with Crippen molar-refractivity contribution in [2.45, 2.75) is 38.2 Å². The second-order valence-electron chi connectivity index (χ2n) is 5.48. The topological polar surface area (TPSA) is 40.5 Å². The molecule has 0 saturated heterocycles. The fourth-order valence-corrected chi connectivity index (χ4v) is 2.90. The van der Waals surface area contributed by atoms with Crippen molar-refractivity contribution in [2.24, 2.45) is 0 Å². The van der Waals surface area contributed by atoms with Gasteiger partial charge in [0.15, 0.2) is 5.78 Å². The van der Waals surface area contributed by atoms with Gasteiger partial charge >= 0.3 is 0 Å². The van der Waals surface area contributed by atoms with Crippen molar-refractivity contribution in [2.75, 3.05) is 18.5 Å². The number of anilines is 1. The molecule has 0 aliphatic heterocycles. The summed E-state index contributed by atoms with van der Waals surface area (Å²) in [6.45, 7) is 1.78. The Hall–Kier alpha value is -1.42. The zero-order chi connectivity index (χ0) is 14.0. The van der Waals surface area contributed by atoms with Gasteiger partial charge in [0.1, 0.15) is 5.82 Å². The molecular weight excluding hydrogens is 245 g/mol. The predicted molar refractivity (Wildman–Crippen MR) is 73.1 cm³/mol. The van der Waals surface area contributed by atoms with Crippen LogP contribution in [-0.4, -0.2) is 30.1 Å². The summed E-state index contributed by atoms with van der Waals surface area (Å²) in [6, 6.07) is 4.50. The van der Waals surface area contributed by atoms with Crippen LogP contribution in [-0.2, 0) is 0 Å². The number of para-hydroxylation sites is 1. The van der Waals surface area contributed by atoms with E-state index in [-0.39, 0.29) is 11.5 Å². The van der Waals surface area contributed by atoms with Gasteiger partial charge in [0.25, 0.3) is 0 Å². The van der Waals surface area contributed by atoms with Gasteiger partial charge in [0, 0.05) is 19.2 Å². The Labute approximate surface area is 113 Å². The van der Waals surface area contributed by atoms with Crippen LogP contribution in [0.15, 0.2) is 18.2 Å². The Bertz CT molecular complexity index is 481. The lowest BCUT2D eigenvalue weighted by Gasteiger charge is -2.31. The predicted octanol–water partition coefficient (Wildman–Crippen LogP) is 2.77. The molecule has 1 saturated carbocycles. The van der Waals surface area contributed by atoms with Crippen LogP contribution in [0.4, 0.5) is 10.1 Å². The lowest BCUT2D eigenvalue weighted by molar-refractivity contribution is 0.0557. The maximum atomic E-state index is 14.0. The third-order valence-corrected chi connectivity index (χ3v) is 3.81. The minimum atomic E-state index is -0.759. The Morgan fingerprint density at radius 1 is 1.42 bits per heavy atom. The van der Waals surface area contributed by atoms with Crippen LogP contribution in [0.3, 0.4) is 0 Å². The fourth-order valence-electron chi connectivity index (χ4n) is 2.90. The Kier molecular flexibility index (Phi) is 3.90. The molecule has 0 unspecified atom stereocenters. The first-order valence-electron chi connectivity index (χ1n) is 6.66. The molecule has 0 atom stereocenters. The van der Waals surface area contributed by atoms with E-state index in [1.165, 1.54) is 19.1 Å². The van der Waals surface area contributed by atoms with Crippen LogP contribution < -0.4 is 4.90 Å². The number of benzene rings is 1. The highest BCUT2D eigenvalue weighted by Gasteiger charge is 2.33. The summed E-state index contributed by atoms with van der Waals surface area (Å²) in [5.41, 5.74) is -0.107. The molecule has 1 fully saturated rings. The molecular formula is C15H20FNO2. The molecule has 0 heterocycles. The Balaban J connectivity index is 2.28. The molecule has 1 aliphatic rings. The lowest BCUT2D eigenvalue weighted by Crippen LogP contribution is -2.40. The number of ketones is 1. The monoisotopic (exact) mass is 265 g/mol. The van der Waals surface area contributed by atoms with Gasteiger partial charge in [0.05, 0.1) is 11.3 Å². The summed E-state index contributed by atoms with van der Waals surface area (Å²) in [5, 5.41) is 10.4. The normalized spacial score (nSPS) is 17.5. The van der Waals surface area contributed by atoms with Gasteiger partial charge in [-0.1, -0.05) is 18.9 Å². The summed E-state index contributed by atoms with van der Waals surface area (Å²) in [5.74, 6) is -0.587. The standard InChI is InChI=1S/C15H20FNO2/c1-11(18)12-6-5-7-13(16)14(12)17(2)10-15(19)8-3-4-9-15/h5-7,19H,3-4,8-10H2,1-2H3. The molecule has 0 radical (unpaired) electrons. The second kappa shape index (κ2) is 5.29. The highest BCUT2D eigenvalue weighted by molar-refractivity contribution is 5.99. The van der Waals surface area contributed by atoms with Crippen LogP contribution in [0.25, 0.3) is 0 Å². The number of likely N-dealkylation sites (N-methyl/N-ethyl adjacent to an activating group) is 1. The van der Waals surface area contributed by atoms with E-state index in [4.69, 9.17) is 0 Å². The minimum Gasteiger partial charge on any atom is -0.388 e. The second-order valence-corrected chi connectivity index (χ2v) is 5.48. The number of hydrogen-bond donors (Lipinski definition) is 1. The Morgan fingerprint density at radius 2 is 2.05 bits per heavy atom. The molecule has 0 bridgehead atoms. The van der Waals surface area contributed by atoms with Gasteiger partial charge in [-0.15, -0.1) is 0 Å². The van der Waals surface area contributed by atoms with Crippen molar-refractivity contribution in [3.8, 4) is 0 Å². The molecule has 1 aromatic carbocycles. The smallest absolute Gasteiger partial charge is 0.161 e. The SMILES string of the molecule is CC(=O)c1cccc(F)c1N(C)CC1(O)CCCC1. The van der Waals surface area contributed by atoms with E-state index in [1.54, 1.807) is 18.0 Å². The highest BCUT2D eigenvalue weighted by atomic mass is 19.1. The van der Waals surface area contributed by atoms with E-state index in [0.29, 0.717) is 12.1 Å². The summed E-state index contributed by atoms with van der Waals surface area (Å²) >= 11 is 0. The number of carbonyl (C=O) groups excluding carboxylic acids is 1. The highest BCUT2D eigenvalue weighted by Crippen LogP contribution is 2.32. The zero-order valence-electron chi connectivity index (χ0n) is 11.4. The first-order valence-corrected chi connectivity index (χ1v) is 6.66. The van der Waals surface area contributed by atoms with Gasteiger partial charge in [-0.25, -0.2) is 4.39 Å². The van der Waals surface area contributed by atoms with Crippen LogP contribution in [0, 0.1) is 5.82 Å². The van der Waals surface area contributed by atoms with E-state index in [0.717, 1.165) is 25.7 Å². The van der Waals surface area contributed by atoms with Crippen molar-refractivity contribution in [1.82, 2.24) is 0 Å². The van der Waals surface area contributed by atoms with Gasteiger partial charge in [-0.3, -0.25) is 4.79 Å². The molecule has 4 heteroatoms. The lowest BCUT2D eigenvalue weighted by atomic mass is 10.0. The molecule has 19 heavy (non-hydrogen) atoms. The molecule has 1 aliphatic carbocycles. The quantitative estimate of drug-likeness (QED) is 0.851. The van der Waals surface area contributed by atoms with Gasteiger partial charge in [-0.2, -0.15) is 0 Å². The van der Waals surface area contributed by atoms with Crippen molar-refractivity contribution < 1.29 is 14.3 Å². The molecule has 0 aromatic heterocycles. The number of nitrogens with zero attached hydrogens (tertiary/aromatic N) is 1. The molecule has 1 aromatic rings.